The smallest absolute Gasteiger partial charge is 0.309 e. The molecule has 0 aromatic heterocycles. The van der Waals surface area contributed by atoms with Crippen LogP contribution < -0.4 is 10.6 Å². The number of unbranched alkanes of at least 4 members (excludes halogenated alkanes) is 7. The number of benzene rings is 1. The van der Waals surface area contributed by atoms with Gasteiger partial charge in [-0.25, -0.2) is 0 Å². The van der Waals surface area contributed by atoms with Crippen molar-refractivity contribution in [2.75, 3.05) is 18.9 Å². The van der Waals surface area contributed by atoms with Crippen molar-refractivity contribution in [3.8, 4) is 0 Å². The lowest BCUT2D eigenvalue weighted by molar-refractivity contribution is -0.138. The molecule has 0 radical (unpaired) electrons. The number of aryl methyl sites for hydroxylation is 2. The van der Waals surface area contributed by atoms with Crippen LogP contribution in [0.5, 0.6) is 0 Å². The van der Waals surface area contributed by atoms with Gasteiger partial charge in [0.2, 0.25) is 0 Å². The second kappa shape index (κ2) is 15.7. The van der Waals surface area contributed by atoms with Gasteiger partial charge < -0.3 is 10.6 Å². The quantitative estimate of drug-likeness (QED) is 0.254. The van der Waals surface area contributed by atoms with E-state index in [0.717, 1.165) is 31.0 Å². The third-order valence-electron chi connectivity index (χ3n) is 4.79. The van der Waals surface area contributed by atoms with E-state index in [1.54, 1.807) is 0 Å². The lowest BCUT2D eigenvalue weighted by atomic mass is 9.97. The van der Waals surface area contributed by atoms with E-state index in [1.165, 1.54) is 63.1 Å². The van der Waals surface area contributed by atoms with Gasteiger partial charge in [-0.15, -0.1) is 0 Å². The third kappa shape index (κ3) is 11.2. The Morgan fingerprint density at radius 2 is 1.30 bits per heavy atom. The predicted molar refractivity (Wildman–Crippen MR) is 116 cm³/mol. The maximum atomic E-state index is 11.4. The summed E-state index contributed by atoms with van der Waals surface area (Å²) in [4.78, 5) is 22.5. The summed E-state index contributed by atoms with van der Waals surface area (Å²) < 4.78 is 0. The fourth-order valence-corrected chi connectivity index (χ4v) is 3.57. The summed E-state index contributed by atoms with van der Waals surface area (Å²) >= 11 is 3.48. The molecule has 0 aliphatic carbocycles. The zero-order valence-corrected chi connectivity index (χ0v) is 18.3. The molecular formula is C22H35BrN2O2. The Labute approximate surface area is 173 Å². The van der Waals surface area contributed by atoms with E-state index in [1.807, 2.05) is 0 Å². The van der Waals surface area contributed by atoms with Crippen molar-refractivity contribution in [2.45, 2.75) is 70.6 Å². The maximum absolute atomic E-state index is 11.4. The Morgan fingerprint density at radius 1 is 0.778 bits per heavy atom. The van der Waals surface area contributed by atoms with Crippen LogP contribution in [0.3, 0.4) is 0 Å². The first kappa shape index (κ1) is 23.7. The van der Waals surface area contributed by atoms with Crippen molar-refractivity contribution in [1.82, 2.24) is 10.6 Å². The number of carbonyl (C=O) groups excluding carboxylic acids is 2. The molecule has 0 heterocycles. The van der Waals surface area contributed by atoms with Crippen LogP contribution >= 0.6 is 15.9 Å². The summed E-state index contributed by atoms with van der Waals surface area (Å²) in [5.74, 6) is -1.13. The molecule has 1 aromatic rings. The Morgan fingerprint density at radius 3 is 1.85 bits per heavy atom. The highest BCUT2D eigenvalue weighted by Crippen LogP contribution is 2.16. The minimum absolute atomic E-state index is 0.545. The molecule has 0 saturated heterocycles. The fraction of sp³-hybridized carbons (Fsp3) is 0.636. The molecular weight excluding hydrogens is 404 g/mol. The number of hydrogen-bond donors (Lipinski definition) is 2. The van der Waals surface area contributed by atoms with Crippen molar-refractivity contribution in [1.29, 1.82) is 0 Å². The largest absolute Gasteiger partial charge is 0.351 e. The zero-order valence-electron chi connectivity index (χ0n) is 16.7. The molecule has 4 nitrogen and oxygen atoms in total. The van der Waals surface area contributed by atoms with E-state index >= 15 is 0 Å². The number of halogens is 1. The molecule has 2 N–H and O–H groups in total. The summed E-state index contributed by atoms with van der Waals surface area (Å²) in [5, 5.41) is 6.10. The summed E-state index contributed by atoms with van der Waals surface area (Å²) in [7, 11) is 1.46. The summed E-state index contributed by atoms with van der Waals surface area (Å²) in [6, 6.07) is 8.70. The van der Waals surface area contributed by atoms with Crippen LogP contribution in [0.1, 0.15) is 68.9 Å². The molecule has 1 aromatic carbocycles. The summed E-state index contributed by atoms with van der Waals surface area (Å²) in [5.41, 5.74) is 2.89. The average molecular weight is 439 g/mol. The first-order valence-corrected chi connectivity index (χ1v) is 11.4. The number of rotatable bonds is 14. The molecule has 152 valence electrons. The van der Waals surface area contributed by atoms with Gasteiger partial charge in [-0.05, 0) is 49.7 Å². The van der Waals surface area contributed by atoms with Crippen molar-refractivity contribution >= 4 is 27.7 Å². The number of hydrogen-bond acceptors (Lipinski definition) is 2. The van der Waals surface area contributed by atoms with Gasteiger partial charge in [0.15, 0.2) is 0 Å². The molecule has 2 amide bonds. The van der Waals surface area contributed by atoms with Crippen LogP contribution in [0, 0.1) is 0 Å². The van der Waals surface area contributed by atoms with Gasteiger partial charge in [0.25, 0.3) is 0 Å². The van der Waals surface area contributed by atoms with E-state index < -0.39 is 11.8 Å². The SMILES string of the molecule is CNC(=O)C(=O)NCCCCc1ccccc1CCCCCCCCCBr. The van der Waals surface area contributed by atoms with E-state index in [4.69, 9.17) is 0 Å². The van der Waals surface area contributed by atoms with Gasteiger partial charge in [0.1, 0.15) is 0 Å². The molecule has 0 aliphatic heterocycles. The number of alkyl halides is 1. The molecule has 0 unspecified atom stereocenters. The van der Waals surface area contributed by atoms with Crippen LogP contribution in [0.2, 0.25) is 0 Å². The zero-order chi connectivity index (χ0) is 19.7. The topological polar surface area (TPSA) is 58.2 Å². The summed E-state index contributed by atoms with van der Waals surface area (Å²) in [6.45, 7) is 0.545. The Kier molecular flexibility index (Phi) is 13.7. The normalized spacial score (nSPS) is 10.6. The van der Waals surface area contributed by atoms with Crippen molar-refractivity contribution in [3.05, 3.63) is 35.4 Å². The van der Waals surface area contributed by atoms with Gasteiger partial charge in [-0.2, -0.15) is 0 Å². The standard InChI is InChI=1S/C22H35BrN2O2/c1-24-21(26)22(27)25-18-12-10-16-20-15-9-8-14-19(20)13-7-5-3-2-4-6-11-17-23/h8-9,14-15H,2-7,10-13,16-18H2,1H3,(H,24,26)(H,25,27). The highest BCUT2D eigenvalue weighted by molar-refractivity contribution is 9.09. The third-order valence-corrected chi connectivity index (χ3v) is 5.35. The van der Waals surface area contributed by atoms with Gasteiger partial charge >= 0.3 is 11.8 Å². The molecule has 0 spiro atoms. The molecule has 27 heavy (non-hydrogen) atoms. The van der Waals surface area contributed by atoms with E-state index in [2.05, 4.69) is 50.8 Å². The molecule has 0 atom stereocenters. The highest BCUT2D eigenvalue weighted by Gasteiger charge is 2.09. The van der Waals surface area contributed by atoms with Gasteiger partial charge in [-0.3, -0.25) is 9.59 Å². The van der Waals surface area contributed by atoms with Crippen LogP contribution in [-0.4, -0.2) is 30.7 Å². The maximum Gasteiger partial charge on any atom is 0.309 e. The average Bonchev–Trinajstić information content (AvgIpc) is 2.69. The van der Waals surface area contributed by atoms with E-state index in [9.17, 15) is 9.59 Å². The number of likely N-dealkylation sites (N-methyl/N-ethyl adjacent to an activating group) is 1. The highest BCUT2D eigenvalue weighted by atomic mass is 79.9. The second-order valence-corrected chi connectivity index (χ2v) is 7.77. The van der Waals surface area contributed by atoms with Crippen LogP contribution in [-0.2, 0) is 22.4 Å². The van der Waals surface area contributed by atoms with Crippen LogP contribution in [0.25, 0.3) is 0 Å². The molecule has 0 bridgehead atoms. The molecule has 0 aliphatic rings. The number of nitrogens with one attached hydrogen (secondary N) is 2. The van der Waals surface area contributed by atoms with Crippen LogP contribution in [0.15, 0.2) is 24.3 Å². The Balaban J connectivity index is 2.19. The lowest BCUT2D eigenvalue weighted by Gasteiger charge is -2.10. The Bertz CT molecular complexity index is 549. The number of carbonyl (C=O) groups is 2. The molecule has 0 fully saturated rings. The molecule has 1 rings (SSSR count). The monoisotopic (exact) mass is 438 g/mol. The molecule has 5 heteroatoms. The predicted octanol–water partition coefficient (Wildman–Crippen LogP) is 4.54. The minimum atomic E-state index is -0.580. The van der Waals surface area contributed by atoms with Crippen molar-refractivity contribution in [2.24, 2.45) is 0 Å². The van der Waals surface area contributed by atoms with Crippen LogP contribution in [0.4, 0.5) is 0 Å². The fourth-order valence-electron chi connectivity index (χ4n) is 3.18. The van der Waals surface area contributed by atoms with Crippen molar-refractivity contribution < 1.29 is 9.59 Å². The minimum Gasteiger partial charge on any atom is -0.351 e. The lowest BCUT2D eigenvalue weighted by Crippen LogP contribution is -2.38. The molecule has 0 saturated carbocycles. The van der Waals surface area contributed by atoms with E-state index in [-0.39, 0.29) is 0 Å². The second-order valence-electron chi connectivity index (χ2n) is 6.97. The first-order chi connectivity index (χ1) is 13.2. The summed E-state index contributed by atoms with van der Waals surface area (Å²) in [6.07, 6.45) is 13.4. The van der Waals surface area contributed by atoms with Gasteiger partial charge in [0, 0.05) is 18.9 Å². The number of amides is 2. The van der Waals surface area contributed by atoms with E-state index in [0.29, 0.717) is 6.54 Å². The Hall–Kier alpha value is -1.36. The first-order valence-electron chi connectivity index (χ1n) is 10.3. The van der Waals surface area contributed by atoms with Gasteiger partial charge in [-0.1, -0.05) is 72.3 Å². The van der Waals surface area contributed by atoms with Crippen molar-refractivity contribution in [3.63, 3.8) is 0 Å². The van der Waals surface area contributed by atoms with Gasteiger partial charge in [0.05, 0.1) is 0 Å².